The first-order chi connectivity index (χ1) is 15.6. The maximum atomic E-state index is 14.9. The van der Waals surface area contributed by atoms with Crippen molar-refractivity contribution in [1.29, 1.82) is 0 Å². The van der Waals surface area contributed by atoms with Crippen LogP contribution < -0.4 is 20.4 Å². The molecule has 162 valence electrons. The number of benzene rings is 2. The summed E-state index contributed by atoms with van der Waals surface area (Å²) in [6, 6.07) is 9.01. The van der Waals surface area contributed by atoms with Gasteiger partial charge in [0.2, 0.25) is 0 Å². The van der Waals surface area contributed by atoms with Gasteiger partial charge >= 0.3 is 0 Å². The van der Waals surface area contributed by atoms with Gasteiger partial charge in [0, 0.05) is 56.0 Å². The number of rotatable bonds is 4. The zero-order valence-corrected chi connectivity index (χ0v) is 17.1. The number of fused-ring (bicyclic) bond motifs is 1. The molecule has 1 amide bonds. The van der Waals surface area contributed by atoms with Crippen LogP contribution in [0.2, 0.25) is 0 Å². The van der Waals surface area contributed by atoms with Gasteiger partial charge in [0.05, 0.1) is 23.1 Å². The number of aromatic nitrogens is 2. The fourth-order valence-electron chi connectivity index (χ4n) is 3.95. The summed E-state index contributed by atoms with van der Waals surface area (Å²) >= 11 is 0. The van der Waals surface area contributed by atoms with Crippen molar-refractivity contribution in [2.75, 3.05) is 46.6 Å². The van der Waals surface area contributed by atoms with Gasteiger partial charge in [0.25, 0.3) is 5.91 Å². The number of halogens is 2. The Morgan fingerprint density at radius 3 is 2.56 bits per heavy atom. The van der Waals surface area contributed by atoms with Crippen LogP contribution in [0.25, 0.3) is 5.57 Å². The number of carbonyl (C=O) groups is 1. The summed E-state index contributed by atoms with van der Waals surface area (Å²) in [6.45, 7) is 2.77. The Bertz CT molecular complexity index is 1190. The van der Waals surface area contributed by atoms with Gasteiger partial charge in [-0.1, -0.05) is 0 Å². The van der Waals surface area contributed by atoms with Crippen molar-refractivity contribution in [1.82, 2.24) is 9.97 Å². The van der Waals surface area contributed by atoms with Gasteiger partial charge in [-0.25, -0.2) is 13.8 Å². The number of nitrogens with one attached hydrogen (secondary N) is 2. The highest BCUT2D eigenvalue weighted by molar-refractivity contribution is 6.31. The largest absolute Gasteiger partial charge is 0.366 e. The van der Waals surface area contributed by atoms with E-state index in [9.17, 15) is 13.6 Å². The number of anilines is 4. The Morgan fingerprint density at radius 1 is 1.00 bits per heavy atom. The molecule has 0 aliphatic carbocycles. The lowest BCUT2D eigenvalue weighted by molar-refractivity contribution is -0.110. The summed E-state index contributed by atoms with van der Waals surface area (Å²) in [4.78, 5) is 24.7. The molecule has 2 aliphatic heterocycles. The van der Waals surface area contributed by atoms with Crippen LogP contribution in [0, 0.1) is 11.6 Å². The van der Waals surface area contributed by atoms with Gasteiger partial charge in [-0.05, 0) is 36.4 Å². The zero-order chi connectivity index (χ0) is 22.1. The van der Waals surface area contributed by atoms with E-state index in [1.54, 1.807) is 36.8 Å². The Labute approximate surface area is 183 Å². The molecule has 7 nitrogen and oxygen atoms in total. The van der Waals surface area contributed by atoms with E-state index >= 15 is 0 Å². The molecule has 1 fully saturated rings. The lowest BCUT2D eigenvalue weighted by atomic mass is 10.1. The van der Waals surface area contributed by atoms with Crippen LogP contribution >= 0.6 is 0 Å². The first-order valence-electron chi connectivity index (χ1n) is 10.2. The van der Waals surface area contributed by atoms with Crippen molar-refractivity contribution in [3.63, 3.8) is 0 Å². The van der Waals surface area contributed by atoms with Crippen molar-refractivity contribution >= 4 is 34.4 Å². The predicted molar refractivity (Wildman–Crippen MR) is 119 cm³/mol. The van der Waals surface area contributed by atoms with Gasteiger partial charge in [0.15, 0.2) is 0 Å². The minimum atomic E-state index is -0.423. The number of carbonyl (C=O) groups excluding carboxylic acids is 1. The van der Waals surface area contributed by atoms with E-state index < -0.39 is 5.82 Å². The van der Waals surface area contributed by atoms with Crippen molar-refractivity contribution < 1.29 is 13.6 Å². The standard InChI is InChI=1S/C23H20F2N6O/c24-15-1-3-17-18(23(32)29-20(17)11-15)13-28-16-2-4-21(19(25)12-16)30-7-9-31(10-8-30)22-14-26-5-6-27-22/h1-6,11-14,28H,7-10H2,(H,29,32). The minimum Gasteiger partial charge on any atom is -0.366 e. The van der Waals surface area contributed by atoms with Gasteiger partial charge in [-0.2, -0.15) is 0 Å². The molecule has 0 atom stereocenters. The molecular formula is C23H20F2N6O. The molecule has 0 bridgehead atoms. The summed E-state index contributed by atoms with van der Waals surface area (Å²) in [5.74, 6) is -0.287. The van der Waals surface area contributed by atoms with Crippen LogP contribution in [0.1, 0.15) is 5.56 Å². The van der Waals surface area contributed by atoms with Crippen molar-refractivity contribution in [3.05, 3.63) is 78.4 Å². The molecule has 0 spiro atoms. The Kier molecular flexibility index (Phi) is 5.14. The van der Waals surface area contributed by atoms with Crippen molar-refractivity contribution in [2.24, 2.45) is 0 Å². The molecule has 2 N–H and O–H groups in total. The Balaban J connectivity index is 1.27. The van der Waals surface area contributed by atoms with E-state index in [-0.39, 0.29) is 11.7 Å². The maximum absolute atomic E-state index is 14.9. The van der Waals surface area contributed by atoms with Gasteiger partial charge in [0.1, 0.15) is 17.5 Å². The van der Waals surface area contributed by atoms with Crippen LogP contribution in [-0.2, 0) is 4.79 Å². The molecule has 2 aliphatic rings. The zero-order valence-electron chi connectivity index (χ0n) is 17.1. The van der Waals surface area contributed by atoms with Crippen LogP contribution in [0.4, 0.5) is 31.7 Å². The van der Waals surface area contributed by atoms with E-state index in [1.165, 1.54) is 24.4 Å². The molecule has 2 aromatic carbocycles. The summed E-state index contributed by atoms with van der Waals surface area (Å²) in [7, 11) is 0. The topological polar surface area (TPSA) is 73.4 Å². The molecular weight excluding hydrogens is 414 g/mol. The van der Waals surface area contributed by atoms with E-state index in [0.29, 0.717) is 41.3 Å². The third-order valence-corrected chi connectivity index (χ3v) is 5.59. The van der Waals surface area contributed by atoms with Crippen LogP contribution in [0.15, 0.2) is 61.2 Å². The molecule has 0 saturated carbocycles. The molecule has 1 aromatic heterocycles. The Morgan fingerprint density at radius 2 is 1.81 bits per heavy atom. The summed E-state index contributed by atoms with van der Waals surface area (Å²) in [5.41, 5.74) is 2.43. The second kappa shape index (κ2) is 8.26. The lowest BCUT2D eigenvalue weighted by Gasteiger charge is -2.36. The molecule has 5 rings (SSSR count). The molecule has 1 saturated heterocycles. The van der Waals surface area contributed by atoms with Crippen molar-refractivity contribution in [2.45, 2.75) is 0 Å². The number of hydrogen-bond acceptors (Lipinski definition) is 6. The number of amides is 1. The van der Waals surface area contributed by atoms with Crippen molar-refractivity contribution in [3.8, 4) is 0 Å². The SMILES string of the molecule is O=C1Nc2cc(F)ccc2C1=CNc1ccc(N2CCN(c3cnccn3)CC2)c(F)c1. The monoisotopic (exact) mass is 434 g/mol. The van der Waals surface area contributed by atoms with E-state index in [1.807, 2.05) is 4.90 Å². The highest BCUT2D eigenvalue weighted by atomic mass is 19.1. The van der Waals surface area contributed by atoms with Crippen LogP contribution in [0.5, 0.6) is 0 Å². The van der Waals surface area contributed by atoms with Gasteiger partial charge in [-0.3, -0.25) is 9.78 Å². The molecule has 3 aromatic rings. The number of hydrogen-bond donors (Lipinski definition) is 2. The Hall–Kier alpha value is -4.01. The fraction of sp³-hybridized carbons (Fsp3) is 0.174. The predicted octanol–water partition coefficient (Wildman–Crippen LogP) is 3.49. The summed E-state index contributed by atoms with van der Waals surface area (Å²) in [5, 5.41) is 5.60. The first kappa shape index (κ1) is 19.9. The summed E-state index contributed by atoms with van der Waals surface area (Å²) in [6.07, 6.45) is 6.53. The van der Waals surface area contributed by atoms with E-state index in [2.05, 4.69) is 25.5 Å². The minimum absolute atomic E-state index is 0.337. The first-order valence-corrected chi connectivity index (χ1v) is 10.2. The van der Waals surface area contributed by atoms with Gasteiger partial charge in [-0.15, -0.1) is 0 Å². The normalized spacial score (nSPS) is 16.8. The molecule has 32 heavy (non-hydrogen) atoms. The third kappa shape index (κ3) is 3.84. The second-order valence-electron chi connectivity index (χ2n) is 7.55. The average molecular weight is 434 g/mol. The quantitative estimate of drug-likeness (QED) is 0.613. The molecule has 9 heteroatoms. The number of piperazine rings is 1. The highest BCUT2D eigenvalue weighted by Gasteiger charge is 2.24. The average Bonchev–Trinajstić information content (AvgIpc) is 3.12. The van der Waals surface area contributed by atoms with E-state index in [4.69, 9.17) is 0 Å². The van der Waals surface area contributed by atoms with Crippen LogP contribution in [-0.4, -0.2) is 42.1 Å². The lowest BCUT2D eigenvalue weighted by Crippen LogP contribution is -2.47. The smallest absolute Gasteiger partial charge is 0.257 e. The number of nitrogens with zero attached hydrogens (tertiary/aromatic N) is 4. The molecule has 0 radical (unpaired) electrons. The summed E-state index contributed by atoms with van der Waals surface area (Å²) < 4.78 is 28.2. The van der Waals surface area contributed by atoms with Gasteiger partial charge < -0.3 is 20.4 Å². The fourth-order valence-corrected chi connectivity index (χ4v) is 3.95. The highest BCUT2D eigenvalue weighted by Crippen LogP contribution is 2.32. The second-order valence-corrected chi connectivity index (χ2v) is 7.55. The molecule has 3 heterocycles. The molecule has 0 unspecified atom stereocenters. The van der Waals surface area contributed by atoms with Crippen LogP contribution in [0.3, 0.4) is 0 Å². The maximum Gasteiger partial charge on any atom is 0.257 e. The third-order valence-electron chi connectivity index (χ3n) is 5.59. The van der Waals surface area contributed by atoms with E-state index in [0.717, 1.165) is 18.9 Å².